The number of nitrogens with one attached hydrogen (secondary N) is 2. The van der Waals surface area contributed by atoms with E-state index in [1.807, 2.05) is 0 Å². The molecular formula is C7H13N5O2. The molecule has 0 aromatic carbocycles. The summed E-state index contributed by atoms with van der Waals surface area (Å²) >= 11 is 0. The number of aliphatic hydroxyl groups is 1. The summed E-state index contributed by atoms with van der Waals surface area (Å²) in [5.41, 5.74) is 4.26. The molecule has 0 spiro atoms. The average Bonchev–Trinajstić information content (AvgIpc) is 2.46. The van der Waals surface area contributed by atoms with Gasteiger partial charge in [0.2, 0.25) is 11.8 Å². The number of rotatable bonds is 3. The fraction of sp³-hybridized carbons (Fsp3) is 0.571. The lowest BCUT2D eigenvalue weighted by molar-refractivity contribution is 0.0689. The third-order valence-corrected chi connectivity index (χ3v) is 1.40. The van der Waals surface area contributed by atoms with E-state index in [0.717, 1.165) is 0 Å². The van der Waals surface area contributed by atoms with Crippen molar-refractivity contribution in [1.82, 2.24) is 20.5 Å². The van der Waals surface area contributed by atoms with Gasteiger partial charge < -0.3 is 16.2 Å². The fourth-order valence-corrected chi connectivity index (χ4v) is 0.757. The van der Waals surface area contributed by atoms with Crippen LogP contribution in [0.1, 0.15) is 24.5 Å². The second-order valence-corrected chi connectivity index (χ2v) is 3.54. The highest BCUT2D eigenvalue weighted by Gasteiger charge is 2.16. The molecular weight excluding hydrogens is 186 g/mol. The number of hydrogen-bond acceptors (Lipinski definition) is 5. The molecule has 7 nitrogen and oxygen atoms in total. The van der Waals surface area contributed by atoms with E-state index in [2.05, 4.69) is 20.5 Å². The van der Waals surface area contributed by atoms with Crippen LogP contribution in [0.15, 0.2) is 0 Å². The van der Waals surface area contributed by atoms with E-state index in [1.54, 1.807) is 13.8 Å². The Balaban J connectivity index is 2.52. The Morgan fingerprint density at radius 1 is 1.71 bits per heavy atom. The third kappa shape index (κ3) is 3.02. The number of hydrogen-bond donors (Lipinski definition) is 4. The zero-order valence-electron chi connectivity index (χ0n) is 8.03. The first-order chi connectivity index (χ1) is 6.38. The molecule has 1 aromatic heterocycles. The van der Waals surface area contributed by atoms with Crippen LogP contribution in [0, 0.1) is 0 Å². The van der Waals surface area contributed by atoms with Gasteiger partial charge in [-0.1, -0.05) is 0 Å². The first-order valence-corrected chi connectivity index (χ1v) is 4.07. The normalized spacial score (nSPS) is 11.4. The number of aromatic amines is 1. The lowest BCUT2D eigenvalue weighted by atomic mass is 10.1. The minimum atomic E-state index is -0.957. The van der Waals surface area contributed by atoms with E-state index in [0.29, 0.717) is 0 Å². The van der Waals surface area contributed by atoms with E-state index in [1.165, 1.54) is 0 Å². The van der Waals surface area contributed by atoms with Crippen molar-refractivity contribution in [2.24, 2.45) is 0 Å². The highest BCUT2D eigenvalue weighted by molar-refractivity contribution is 5.90. The predicted molar refractivity (Wildman–Crippen MR) is 49.4 cm³/mol. The van der Waals surface area contributed by atoms with Gasteiger partial charge in [0.1, 0.15) is 0 Å². The van der Waals surface area contributed by atoms with Crippen LogP contribution in [0.4, 0.5) is 5.95 Å². The molecule has 1 heterocycles. The van der Waals surface area contributed by atoms with Gasteiger partial charge in [0, 0.05) is 6.54 Å². The quantitative estimate of drug-likeness (QED) is 0.492. The number of nitrogen functional groups attached to an aromatic ring is 1. The predicted octanol–water partition coefficient (Wildman–Crippen LogP) is -1.11. The molecule has 0 atom stereocenters. The number of aromatic nitrogens is 3. The summed E-state index contributed by atoms with van der Waals surface area (Å²) in [4.78, 5) is 14.9. The molecule has 0 saturated carbocycles. The van der Waals surface area contributed by atoms with E-state index in [9.17, 15) is 9.90 Å². The fourth-order valence-electron chi connectivity index (χ4n) is 0.757. The summed E-state index contributed by atoms with van der Waals surface area (Å²) in [5, 5.41) is 17.7. The molecule has 0 radical (unpaired) electrons. The first kappa shape index (κ1) is 10.5. The van der Waals surface area contributed by atoms with Crippen LogP contribution in [-0.2, 0) is 0 Å². The molecule has 0 aliphatic heterocycles. The van der Waals surface area contributed by atoms with Gasteiger partial charge in [-0.05, 0) is 13.8 Å². The second-order valence-electron chi connectivity index (χ2n) is 3.54. The summed E-state index contributed by atoms with van der Waals surface area (Å²) in [7, 11) is 0. The van der Waals surface area contributed by atoms with Crippen molar-refractivity contribution in [1.29, 1.82) is 0 Å². The molecule has 0 unspecified atom stereocenters. The molecule has 1 aromatic rings. The van der Waals surface area contributed by atoms with Gasteiger partial charge in [0.05, 0.1) is 5.60 Å². The van der Waals surface area contributed by atoms with Gasteiger partial charge in [0.15, 0.2) is 0 Å². The smallest absolute Gasteiger partial charge is 0.288 e. The molecule has 0 aliphatic carbocycles. The summed E-state index contributed by atoms with van der Waals surface area (Å²) in [6.07, 6.45) is 0. The summed E-state index contributed by atoms with van der Waals surface area (Å²) in [6, 6.07) is 0. The van der Waals surface area contributed by atoms with E-state index < -0.39 is 11.5 Å². The summed E-state index contributed by atoms with van der Waals surface area (Å²) in [5.74, 6) is -0.401. The number of nitrogens with zero attached hydrogens (tertiary/aromatic N) is 2. The molecule has 78 valence electrons. The van der Waals surface area contributed by atoms with Crippen LogP contribution in [0.25, 0.3) is 0 Å². The zero-order chi connectivity index (χ0) is 10.8. The van der Waals surface area contributed by atoms with Gasteiger partial charge in [-0.25, -0.2) is 0 Å². The number of carbonyl (C=O) groups is 1. The van der Waals surface area contributed by atoms with Crippen molar-refractivity contribution in [2.75, 3.05) is 12.3 Å². The molecule has 14 heavy (non-hydrogen) atoms. The number of H-pyrrole nitrogens is 1. The van der Waals surface area contributed by atoms with Crippen LogP contribution in [0.5, 0.6) is 0 Å². The molecule has 0 fully saturated rings. The topological polar surface area (TPSA) is 117 Å². The summed E-state index contributed by atoms with van der Waals surface area (Å²) < 4.78 is 0. The van der Waals surface area contributed by atoms with Crippen LogP contribution < -0.4 is 11.1 Å². The van der Waals surface area contributed by atoms with Gasteiger partial charge in [-0.2, -0.15) is 4.98 Å². The van der Waals surface area contributed by atoms with Gasteiger partial charge in [-0.3, -0.25) is 9.89 Å². The number of amides is 1. The van der Waals surface area contributed by atoms with E-state index >= 15 is 0 Å². The molecule has 1 amide bonds. The Morgan fingerprint density at radius 2 is 2.36 bits per heavy atom. The number of anilines is 1. The maximum Gasteiger partial charge on any atom is 0.288 e. The molecule has 0 aliphatic rings. The average molecular weight is 199 g/mol. The Kier molecular flexibility index (Phi) is 2.70. The maximum atomic E-state index is 11.3. The van der Waals surface area contributed by atoms with E-state index in [4.69, 9.17) is 5.73 Å². The molecule has 5 N–H and O–H groups in total. The van der Waals surface area contributed by atoms with Gasteiger partial charge in [-0.15, -0.1) is 5.10 Å². The largest absolute Gasteiger partial charge is 0.389 e. The lowest BCUT2D eigenvalue weighted by Crippen LogP contribution is -2.38. The molecule has 7 heteroatoms. The zero-order valence-corrected chi connectivity index (χ0v) is 8.03. The maximum absolute atomic E-state index is 11.3. The van der Waals surface area contributed by atoms with Gasteiger partial charge in [0.25, 0.3) is 5.91 Å². The lowest BCUT2D eigenvalue weighted by Gasteiger charge is -2.16. The molecule has 0 bridgehead atoms. The first-order valence-electron chi connectivity index (χ1n) is 4.07. The Hall–Kier alpha value is -1.63. The highest BCUT2D eigenvalue weighted by Crippen LogP contribution is 1.98. The summed E-state index contributed by atoms with van der Waals surface area (Å²) in [6.45, 7) is 3.30. The van der Waals surface area contributed by atoms with Crippen molar-refractivity contribution in [3.05, 3.63) is 5.82 Å². The minimum absolute atomic E-state index is 0.0124. The Bertz CT molecular complexity index is 327. The third-order valence-electron chi connectivity index (χ3n) is 1.40. The number of nitrogens with two attached hydrogens (primary N) is 1. The van der Waals surface area contributed by atoms with Crippen molar-refractivity contribution < 1.29 is 9.90 Å². The highest BCUT2D eigenvalue weighted by atomic mass is 16.3. The van der Waals surface area contributed by atoms with Crippen molar-refractivity contribution in [2.45, 2.75) is 19.4 Å². The minimum Gasteiger partial charge on any atom is -0.389 e. The van der Waals surface area contributed by atoms with Crippen molar-refractivity contribution in [3.8, 4) is 0 Å². The SMILES string of the molecule is CC(C)(O)CNC(=O)c1nc(N)n[nH]1. The van der Waals surface area contributed by atoms with Crippen LogP contribution >= 0.6 is 0 Å². The number of carbonyl (C=O) groups excluding carboxylic acids is 1. The van der Waals surface area contributed by atoms with Crippen LogP contribution in [0.3, 0.4) is 0 Å². The van der Waals surface area contributed by atoms with Crippen LogP contribution in [-0.4, -0.2) is 38.3 Å². The van der Waals surface area contributed by atoms with E-state index in [-0.39, 0.29) is 18.3 Å². The standard InChI is InChI=1S/C7H13N5O2/c1-7(2,14)3-9-5(13)4-10-6(8)12-11-4/h14H,3H2,1-2H3,(H,9,13)(H3,8,10,11,12). The molecule has 1 rings (SSSR count). The second kappa shape index (κ2) is 3.62. The van der Waals surface area contributed by atoms with Crippen molar-refractivity contribution >= 4 is 11.9 Å². The van der Waals surface area contributed by atoms with Gasteiger partial charge >= 0.3 is 0 Å². The Morgan fingerprint density at radius 3 is 2.79 bits per heavy atom. The molecule has 0 saturated heterocycles. The monoisotopic (exact) mass is 199 g/mol. The Labute approximate surface area is 80.7 Å². The van der Waals surface area contributed by atoms with Crippen LogP contribution in [0.2, 0.25) is 0 Å². The van der Waals surface area contributed by atoms with Crippen molar-refractivity contribution in [3.63, 3.8) is 0 Å².